The van der Waals surface area contributed by atoms with E-state index in [2.05, 4.69) is 37.6 Å². The van der Waals surface area contributed by atoms with Crippen molar-refractivity contribution in [1.82, 2.24) is 4.31 Å². The molecule has 2 heterocycles. The molecule has 2 aliphatic heterocycles. The van der Waals surface area contributed by atoms with Crippen LogP contribution in [-0.4, -0.2) is 89.6 Å². The topological polar surface area (TPSA) is 118 Å². The van der Waals surface area contributed by atoms with Crippen molar-refractivity contribution in [3.8, 4) is 0 Å². The van der Waals surface area contributed by atoms with Gasteiger partial charge in [-0.15, -0.1) is 0 Å². The van der Waals surface area contributed by atoms with Crippen molar-refractivity contribution < 1.29 is 22.8 Å². The number of nitrogens with zero attached hydrogens (tertiary/aromatic N) is 5. The molecule has 0 aliphatic carbocycles. The van der Waals surface area contributed by atoms with Gasteiger partial charge in [-0.3, -0.25) is 15.1 Å². The van der Waals surface area contributed by atoms with Crippen LogP contribution in [0.3, 0.4) is 0 Å². The Kier molecular flexibility index (Phi) is 10.3. The molecule has 2 saturated heterocycles. The summed E-state index contributed by atoms with van der Waals surface area (Å²) >= 11 is 0. The number of benzene rings is 2. The number of nitro benzene ring substituents is 1. The Morgan fingerprint density at radius 2 is 1.56 bits per heavy atom. The van der Waals surface area contributed by atoms with Crippen LogP contribution in [0, 0.1) is 22.0 Å². The number of sulfonamides is 1. The molecule has 0 bridgehead atoms. The van der Waals surface area contributed by atoms with Crippen molar-refractivity contribution >= 4 is 39.0 Å². The average molecular weight is 588 g/mol. The van der Waals surface area contributed by atoms with Crippen molar-refractivity contribution in [1.29, 1.82) is 0 Å². The van der Waals surface area contributed by atoms with Gasteiger partial charge in [-0.25, -0.2) is 8.42 Å². The van der Waals surface area contributed by atoms with Crippen LogP contribution in [0.5, 0.6) is 0 Å². The second-order valence-corrected chi connectivity index (χ2v) is 13.1. The number of non-ortho nitro benzene ring substituents is 1. The standard InChI is InChI=1S/C29H41N5O6S/c1-22(2)20-32(21-23(3)4)27-8-6-26(34(35)36)17-24(27)19-30-25-5-7-28(31-9-13-39-14-10-31)29(18-25)41(37,38)33-11-15-40-16-12-33/h5-8,17-19,22-23H,9-16,20-21H2,1-4H3. The van der Waals surface area contributed by atoms with Gasteiger partial charge >= 0.3 is 0 Å². The molecule has 11 nitrogen and oxygen atoms in total. The van der Waals surface area contributed by atoms with Crippen molar-refractivity contribution in [3.05, 3.63) is 52.1 Å². The molecule has 4 rings (SSSR count). The molecule has 2 aliphatic rings. The van der Waals surface area contributed by atoms with Gasteiger partial charge < -0.3 is 19.3 Å². The maximum atomic E-state index is 13.8. The zero-order chi connectivity index (χ0) is 29.6. The largest absolute Gasteiger partial charge is 0.379 e. The molecule has 0 spiro atoms. The van der Waals surface area contributed by atoms with E-state index in [0.29, 0.717) is 68.3 Å². The van der Waals surface area contributed by atoms with E-state index >= 15 is 0 Å². The number of ether oxygens (including phenoxy) is 2. The third kappa shape index (κ3) is 7.82. The first-order valence-corrected chi connectivity index (χ1v) is 15.6. The van der Waals surface area contributed by atoms with Gasteiger partial charge in [0.2, 0.25) is 10.0 Å². The number of rotatable bonds is 11. The summed E-state index contributed by atoms with van der Waals surface area (Å²) in [4.78, 5) is 20.3. The first-order valence-electron chi connectivity index (χ1n) is 14.2. The summed E-state index contributed by atoms with van der Waals surface area (Å²) in [5.74, 6) is 0.767. The lowest BCUT2D eigenvalue weighted by Gasteiger charge is -2.32. The minimum Gasteiger partial charge on any atom is -0.379 e. The van der Waals surface area contributed by atoms with Crippen molar-refractivity contribution in [2.24, 2.45) is 16.8 Å². The number of nitro groups is 1. The van der Waals surface area contributed by atoms with Crippen LogP contribution in [-0.2, 0) is 19.5 Å². The molecule has 2 aromatic rings. The normalized spacial score (nSPS) is 17.1. The molecule has 2 aromatic carbocycles. The molecular weight excluding hydrogens is 546 g/mol. The predicted octanol–water partition coefficient (Wildman–Crippen LogP) is 4.32. The first-order chi connectivity index (χ1) is 19.6. The summed E-state index contributed by atoms with van der Waals surface area (Å²) in [7, 11) is -3.81. The van der Waals surface area contributed by atoms with Crippen LogP contribution < -0.4 is 9.80 Å². The highest BCUT2D eigenvalue weighted by atomic mass is 32.2. The number of anilines is 2. The Morgan fingerprint density at radius 1 is 0.951 bits per heavy atom. The van der Waals surface area contributed by atoms with Gasteiger partial charge in [0.05, 0.1) is 42.7 Å². The lowest BCUT2D eigenvalue weighted by atomic mass is 10.1. The summed E-state index contributed by atoms with van der Waals surface area (Å²) in [5.41, 5.74) is 2.51. The Labute approximate surface area is 242 Å². The fourth-order valence-electron chi connectivity index (χ4n) is 5.12. The van der Waals surface area contributed by atoms with Crippen molar-refractivity contribution in [3.63, 3.8) is 0 Å². The Balaban J connectivity index is 1.76. The molecule has 41 heavy (non-hydrogen) atoms. The number of hydrogen-bond acceptors (Lipinski definition) is 9. The first kappa shape index (κ1) is 30.9. The monoisotopic (exact) mass is 587 g/mol. The molecule has 224 valence electrons. The second-order valence-electron chi connectivity index (χ2n) is 11.2. The minimum atomic E-state index is -3.81. The highest BCUT2D eigenvalue weighted by molar-refractivity contribution is 7.89. The van der Waals surface area contributed by atoms with Gasteiger partial charge in [0, 0.05) is 68.9 Å². The third-order valence-electron chi connectivity index (χ3n) is 6.97. The van der Waals surface area contributed by atoms with Crippen LogP contribution in [0.4, 0.5) is 22.7 Å². The lowest BCUT2D eigenvalue weighted by Crippen LogP contribution is -2.42. The van der Waals surface area contributed by atoms with E-state index in [1.807, 2.05) is 4.90 Å². The molecular formula is C29H41N5O6S. The minimum absolute atomic E-state index is 0.0255. The maximum absolute atomic E-state index is 13.8. The molecule has 0 radical (unpaired) electrons. The van der Waals surface area contributed by atoms with Crippen molar-refractivity contribution in [2.45, 2.75) is 32.6 Å². The van der Waals surface area contributed by atoms with E-state index < -0.39 is 14.9 Å². The smallest absolute Gasteiger partial charge is 0.270 e. The number of aliphatic imine (C=N–C) groups is 1. The highest BCUT2D eigenvalue weighted by Crippen LogP contribution is 2.33. The van der Waals surface area contributed by atoms with E-state index in [9.17, 15) is 18.5 Å². The summed E-state index contributed by atoms with van der Waals surface area (Å²) in [5, 5.41) is 11.6. The van der Waals surface area contributed by atoms with E-state index in [1.54, 1.807) is 30.5 Å². The van der Waals surface area contributed by atoms with Crippen LogP contribution in [0.1, 0.15) is 33.3 Å². The van der Waals surface area contributed by atoms with Gasteiger partial charge in [-0.2, -0.15) is 4.31 Å². The third-order valence-corrected chi connectivity index (χ3v) is 8.90. The van der Waals surface area contributed by atoms with Gasteiger partial charge in [0.1, 0.15) is 4.90 Å². The van der Waals surface area contributed by atoms with Gasteiger partial charge in [0.25, 0.3) is 5.69 Å². The molecule has 0 saturated carbocycles. The second kappa shape index (κ2) is 13.7. The summed E-state index contributed by atoms with van der Waals surface area (Å²) in [6.45, 7) is 13.6. The summed E-state index contributed by atoms with van der Waals surface area (Å²) < 4.78 is 40.0. The van der Waals surface area contributed by atoms with Gasteiger partial charge in [-0.05, 0) is 36.1 Å². The molecule has 12 heteroatoms. The van der Waals surface area contributed by atoms with E-state index in [-0.39, 0.29) is 23.7 Å². The Morgan fingerprint density at radius 3 is 2.15 bits per heavy atom. The van der Waals surface area contributed by atoms with E-state index in [0.717, 1.165) is 18.8 Å². The molecule has 0 N–H and O–H groups in total. The van der Waals surface area contributed by atoms with Crippen LogP contribution in [0.15, 0.2) is 46.3 Å². The number of morpholine rings is 2. The summed E-state index contributed by atoms with van der Waals surface area (Å²) in [6.07, 6.45) is 1.60. The average Bonchev–Trinajstić information content (AvgIpc) is 2.96. The van der Waals surface area contributed by atoms with Crippen LogP contribution in [0.25, 0.3) is 0 Å². The molecule has 0 aromatic heterocycles. The number of hydrogen-bond donors (Lipinski definition) is 0. The molecule has 0 atom stereocenters. The SMILES string of the molecule is CC(C)CN(CC(C)C)c1ccc([N+](=O)[O-])cc1C=Nc1ccc(N2CCOCC2)c(S(=O)(=O)N2CCOCC2)c1. The fourth-order valence-corrected chi connectivity index (χ4v) is 6.76. The highest BCUT2D eigenvalue weighted by Gasteiger charge is 2.31. The predicted molar refractivity (Wildman–Crippen MR) is 161 cm³/mol. The lowest BCUT2D eigenvalue weighted by molar-refractivity contribution is -0.384. The molecule has 0 unspecified atom stereocenters. The fraction of sp³-hybridized carbons (Fsp3) is 0.552. The molecule has 0 amide bonds. The maximum Gasteiger partial charge on any atom is 0.270 e. The Hall–Kier alpha value is -3.06. The zero-order valence-corrected chi connectivity index (χ0v) is 25.2. The van der Waals surface area contributed by atoms with Crippen molar-refractivity contribution in [2.75, 3.05) is 75.5 Å². The quantitative estimate of drug-likeness (QED) is 0.217. The van der Waals surface area contributed by atoms with E-state index in [1.165, 1.54) is 16.4 Å². The van der Waals surface area contributed by atoms with E-state index in [4.69, 9.17) is 9.47 Å². The van der Waals surface area contributed by atoms with Crippen LogP contribution in [0.2, 0.25) is 0 Å². The summed E-state index contributed by atoms with van der Waals surface area (Å²) in [6, 6.07) is 10.0. The van der Waals surface area contributed by atoms with Gasteiger partial charge in [0.15, 0.2) is 0 Å². The van der Waals surface area contributed by atoms with Gasteiger partial charge in [-0.1, -0.05) is 27.7 Å². The molecule has 2 fully saturated rings. The Bertz CT molecular complexity index is 1330. The van der Waals surface area contributed by atoms with Crippen LogP contribution >= 0.6 is 0 Å². The zero-order valence-electron chi connectivity index (χ0n) is 24.4.